The first kappa shape index (κ1) is 27.4. The number of carbonyl (C=O) groups is 4. The fraction of sp³-hybridized carbons (Fsp3) is 0.385. The Morgan fingerprint density at radius 3 is 1.97 bits per heavy atom. The van der Waals surface area contributed by atoms with Crippen molar-refractivity contribution in [1.29, 1.82) is 0 Å². The van der Waals surface area contributed by atoms with E-state index in [0.717, 1.165) is 5.56 Å². The van der Waals surface area contributed by atoms with Crippen LogP contribution in [-0.2, 0) is 41.4 Å². The third-order valence-electron chi connectivity index (χ3n) is 4.71. The van der Waals surface area contributed by atoms with Gasteiger partial charge in [0.1, 0.15) is 12.1 Å². The summed E-state index contributed by atoms with van der Waals surface area (Å²) in [5.41, 5.74) is 0.706. The maximum atomic E-state index is 13.1. The highest BCUT2D eigenvalue weighted by Crippen LogP contribution is 2.14. The maximum Gasteiger partial charge on any atom is 0.408 e. The standard InChI is InChI=1S/C26H32N2O7/c1-26(2,3)35-25(32)28-20(15-18-11-7-5-8-12-18)23(24(31)27-17-22(30)33-4)34-21(29)16-19-13-9-6-10-14-19/h5-14,20,23H,15-17H2,1-4H3,(H,27,31)(H,28,32). The first-order chi connectivity index (χ1) is 16.6. The summed E-state index contributed by atoms with van der Waals surface area (Å²) in [7, 11) is 1.19. The molecule has 0 aliphatic carbocycles. The fourth-order valence-electron chi connectivity index (χ4n) is 3.16. The van der Waals surface area contributed by atoms with E-state index in [0.29, 0.717) is 5.56 Å². The van der Waals surface area contributed by atoms with Crippen molar-refractivity contribution in [2.24, 2.45) is 0 Å². The lowest BCUT2D eigenvalue weighted by Crippen LogP contribution is -2.55. The van der Waals surface area contributed by atoms with Crippen LogP contribution in [0, 0.1) is 0 Å². The third kappa shape index (κ3) is 10.3. The molecule has 0 radical (unpaired) electrons. The zero-order valence-corrected chi connectivity index (χ0v) is 20.4. The summed E-state index contributed by atoms with van der Waals surface area (Å²) < 4.78 is 15.5. The Bertz CT molecular complexity index is 988. The molecule has 9 heteroatoms. The van der Waals surface area contributed by atoms with E-state index in [9.17, 15) is 19.2 Å². The molecular weight excluding hydrogens is 452 g/mol. The smallest absolute Gasteiger partial charge is 0.408 e. The van der Waals surface area contributed by atoms with E-state index in [1.54, 1.807) is 45.0 Å². The molecule has 2 amide bonds. The summed E-state index contributed by atoms with van der Waals surface area (Å²) in [6, 6.07) is 17.0. The zero-order chi connectivity index (χ0) is 25.8. The van der Waals surface area contributed by atoms with Gasteiger partial charge in [0.15, 0.2) is 0 Å². The lowest BCUT2D eigenvalue weighted by Gasteiger charge is -2.29. The predicted molar refractivity (Wildman–Crippen MR) is 128 cm³/mol. The van der Waals surface area contributed by atoms with Crippen LogP contribution in [-0.4, -0.2) is 55.3 Å². The van der Waals surface area contributed by atoms with E-state index in [1.807, 2.05) is 36.4 Å². The second-order valence-corrected chi connectivity index (χ2v) is 8.81. The number of alkyl carbamates (subject to hydrolysis) is 1. The highest BCUT2D eigenvalue weighted by atomic mass is 16.6. The van der Waals surface area contributed by atoms with Gasteiger partial charge in [0.05, 0.1) is 19.6 Å². The van der Waals surface area contributed by atoms with Gasteiger partial charge in [-0.3, -0.25) is 14.4 Å². The van der Waals surface area contributed by atoms with E-state index in [-0.39, 0.29) is 12.8 Å². The summed E-state index contributed by atoms with van der Waals surface area (Å²) in [4.78, 5) is 50.0. The van der Waals surface area contributed by atoms with Crippen molar-refractivity contribution in [3.05, 3.63) is 71.8 Å². The Morgan fingerprint density at radius 2 is 1.43 bits per heavy atom. The summed E-state index contributed by atoms with van der Waals surface area (Å²) in [6.07, 6.45) is -2.13. The normalized spacial score (nSPS) is 12.6. The molecule has 0 aromatic heterocycles. The lowest BCUT2D eigenvalue weighted by atomic mass is 10.0. The molecule has 2 unspecified atom stereocenters. The molecule has 2 aromatic rings. The van der Waals surface area contributed by atoms with Crippen LogP contribution >= 0.6 is 0 Å². The third-order valence-corrected chi connectivity index (χ3v) is 4.71. The second-order valence-electron chi connectivity index (χ2n) is 8.81. The fourth-order valence-corrected chi connectivity index (χ4v) is 3.16. The van der Waals surface area contributed by atoms with E-state index in [1.165, 1.54) is 7.11 Å². The number of methoxy groups -OCH3 is 1. The first-order valence-corrected chi connectivity index (χ1v) is 11.2. The van der Waals surface area contributed by atoms with Gasteiger partial charge in [-0.25, -0.2) is 4.79 Å². The van der Waals surface area contributed by atoms with Gasteiger partial charge >= 0.3 is 18.0 Å². The molecule has 0 heterocycles. The molecule has 188 valence electrons. The van der Waals surface area contributed by atoms with E-state index >= 15 is 0 Å². The van der Waals surface area contributed by atoms with Crippen molar-refractivity contribution < 1.29 is 33.4 Å². The van der Waals surface area contributed by atoms with Gasteiger partial charge in [-0.05, 0) is 38.3 Å². The number of rotatable bonds is 10. The average Bonchev–Trinajstić information content (AvgIpc) is 2.80. The van der Waals surface area contributed by atoms with Gasteiger partial charge in [-0.2, -0.15) is 0 Å². The zero-order valence-electron chi connectivity index (χ0n) is 20.4. The minimum absolute atomic E-state index is 0.0773. The van der Waals surface area contributed by atoms with E-state index in [2.05, 4.69) is 15.4 Å². The molecule has 2 N–H and O–H groups in total. The molecule has 0 aliphatic heterocycles. The number of hydrogen-bond donors (Lipinski definition) is 2. The van der Waals surface area contributed by atoms with E-state index in [4.69, 9.17) is 9.47 Å². The molecule has 2 aromatic carbocycles. The molecule has 0 spiro atoms. The molecule has 2 atom stereocenters. The second kappa shape index (κ2) is 13.1. The molecule has 0 fully saturated rings. The quantitative estimate of drug-likeness (QED) is 0.393. The molecule has 35 heavy (non-hydrogen) atoms. The van der Waals surface area contributed by atoms with Gasteiger partial charge in [0.2, 0.25) is 6.10 Å². The number of ether oxygens (including phenoxy) is 3. The molecule has 0 saturated carbocycles. The number of benzene rings is 2. The number of hydrogen-bond acceptors (Lipinski definition) is 7. The minimum atomic E-state index is -1.44. The van der Waals surface area contributed by atoms with Crippen LogP contribution < -0.4 is 10.6 Å². The first-order valence-electron chi connectivity index (χ1n) is 11.2. The van der Waals surface area contributed by atoms with Crippen LogP contribution in [0.5, 0.6) is 0 Å². The van der Waals surface area contributed by atoms with Crippen molar-refractivity contribution >= 4 is 23.9 Å². The van der Waals surface area contributed by atoms with E-state index < -0.39 is 48.2 Å². The van der Waals surface area contributed by atoms with Gasteiger partial charge in [0, 0.05) is 0 Å². The molecule has 0 aliphatic rings. The molecule has 9 nitrogen and oxygen atoms in total. The van der Waals surface area contributed by atoms with Gasteiger partial charge in [-0.15, -0.1) is 0 Å². The van der Waals surface area contributed by atoms with Crippen LogP contribution in [0.25, 0.3) is 0 Å². The minimum Gasteiger partial charge on any atom is -0.468 e. The van der Waals surface area contributed by atoms with Crippen LogP contribution in [0.15, 0.2) is 60.7 Å². The molecule has 0 saturated heterocycles. The van der Waals surface area contributed by atoms with Crippen molar-refractivity contribution in [1.82, 2.24) is 10.6 Å². The Morgan fingerprint density at radius 1 is 0.857 bits per heavy atom. The number of esters is 2. The number of nitrogens with one attached hydrogen (secondary N) is 2. The maximum absolute atomic E-state index is 13.1. The number of amides is 2. The van der Waals surface area contributed by atoms with Crippen molar-refractivity contribution in [3.63, 3.8) is 0 Å². The van der Waals surface area contributed by atoms with Gasteiger partial charge in [0.25, 0.3) is 5.91 Å². The average molecular weight is 485 g/mol. The Balaban J connectivity index is 2.30. The molecule has 2 rings (SSSR count). The van der Waals surface area contributed by atoms with Crippen LogP contribution in [0.2, 0.25) is 0 Å². The highest BCUT2D eigenvalue weighted by molar-refractivity contribution is 5.88. The summed E-state index contributed by atoms with van der Waals surface area (Å²) in [5, 5.41) is 5.07. The highest BCUT2D eigenvalue weighted by Gasteiger charge is 2.35. The Labute approximate surface area is 205 Å². The molecule has 0 bridgehead atoms. The Kier molecular flexibility index (Phi) is 10.3. The summed E-state index contributed by atoms with van der Waals surface area (Å²) >= 11 is 0. The van der Waals surface area contributed by atoms with Crippen molar-refractivity contribution in [3.8, 4) is 0 Å². The lowest BCUT2D eigenvalue weighted by molar-refractivity contribution is -0.157. The summed E-state index contributed by atoms with van der Waals surface area (Å²) in [6.45, 7) is 4.70. The summed E-state index contributed by atoms with van der Waals surface area (Å²) in [5.74, 6) is -2.10. The Hall–Kier alpha value is -3.88. The number of carbonyl (C=O) groups excluding carboxylic acids is 4. The monoisotopic (exact) mass is 484 g/mol. The van der Waals surface area contributed by atoms with Crippen LogP contribution in [0.3, 0.4) is 0 Å². The van der Waals surface area contributed by atoms with Crippen LogP contribution in [0.1, 0.15) is 31.9 Å². The topological polar surface area (TPSA) is 120 Å². The van der Waals surface area contributed by atoms with Crippen molar-refractivity contribution in [2.75, 3.05) is 13.7 Å². The predicted octanol–water partition coefficient (Wildman–Crippen LogP) is 2.57. The molecular formula is C26H32N2O7. The van der Waals surface area contributed by atoms with Gasteiger partial charge < -0.3 is 24.8 Å². The SMILES string of the molecule is COC(=O)CNC(=O)C(OC(=O)Cc1ccccc1)C(Cc1ccccc1)NC(=O)OC(C)(C)C. The van der Waals surface area contributed by atoms with Crippen LogP contribution in [0.4, 0.5) is 4.79 Å². The largest absolute Gasteiger partial charge is 0.468 e. The van der Waals surface area contributed by atoms with Crippen molar-refractivity contribution in [2.45, 2.75) is 51.4 Å². The van der Waals surface area contributed by atoms with Gasteiger partial charge in [-0.1, -0.05) is 60.7 Å².